The minimum Gasteiger partial charge on any atom is -0.381 e. The number of nitrogens with one attached hydrogen (secondary N) is 1. The fraction of sp³-hybridized carbons (Fsp3) is 0.933. The van der Waals surface area contributed by atoms with Gasteiger partial charge in [0.25, 0.3) is 0 Å². The first kappa shape index (κ1) is 14.8. The molecular weight excluding hydrogens is 240 g/mol. The molecule has 1 heterocycles. The molecule has 4 nitrogen and oxygen atoms in total. The molecule has 0 radical (unpaired) electrons. The Morgan fingerprint density at radius 1 is 1.32 bits per heavy atom. The molecule has 4 heteroatoms. The topological polar surface area (TPSA) is 41.6 Å². The third-order valence-electron chi connectivity index (χ3n) is 4.42. The van der Waals surface area contributed by atoms with Gasteiger partial charge in [0.1, 0.15) is 0 Å². The molecule has 110 valence electrons. The Bertz CT molecular complexity index is 277. The monoisotopic (exact) mass is 268 g/mol. The molecule has 1 amide bonds. The third kappa shape index (κ3) is 4.77. The summed E-state index contributed by atoms with van der Waals surface area (Å²) in [7, 11) is 0. The Labute approximate surface area is 116 Å². The van der Waals surface area contributed by atoms with Crippen molar-refractivity contribution in [3.8, 4) is 0 Å². The van der Waals surface area contributed by atoms with Crippen LogP contribution in [0, 0.1) is 5.92 Å². The highest BCUT2D eigenvalue weighted by molar-refractivity contribution is 5.75. The van der Waals surface area contributed by atoms with Crippen LogP contribution in [0.3, 0.4) is 0 Å². The molecule has 1 aliphatic heterocycles. The van der Waals surface area contributed by atoms with Gasteiger partial charge in [0.2, 0.25) is 5.91 Å². The summed E-state index contributed by atoms with van der Waals surface area (Å²) in [5.74, 6) is 0.782. The number of rotatable bonds is 7. The first-order valence-electron chi connectivity index (χ1n) is 7.88. The van der Waals surface area contributed by atoms with Crippen molar-refractivity contribution in [1.29, 1.82) is 0 Å². The van der Waals surface area contributed by atoms with E-state index in [4.69, 9.17) is 4.74 Å². The lowest BCUT2D eigenvalue weighted by molar-refractivity contribution is -0.122. The molecule has 1 N–H and O–H groups in total. The first-order chi connectivity index (χ1) is 9.29. The molecule has 1 saturated carbocycles. The number of hydrogen-bond donors (Lipinski definition) is 1. The van der Waals surface area contributed by atoms with Crippen LogP contribution >= 0.6 is 0 Å². The Balaban J connectivity index is 1.58. The summed E-state index contributed by atoms with van der Waals surface area (Å²) < 4.78 is 5.19. The predicted octanol–water partition coefficient (Wildman–Crippen LogP) is 1.79. The summed E-state index contributed by atoms with van der Waals surface area (Å²) in [6.07, 6.45) is 7.30. The molecule has 2 rings (SSSR count). The zero-order valence-electron chi connectivity index (χ0n) is 12.2. The molecule has 19 heavy (non-hydrogen) atoms. The fourth-order valence-electron chi connectivity index (χ4n) is 3.29. The molecule has 1 atom stereocenters. The number of carbonyl (C=O) groups excluding carboxylic acids is 1. The standard InChI is InChI=1S/C15H28N2O2/c1-2-19-10-8-15(18)16-11-13-7-9-17(12-13)14-5-3-4-6-14/h13-14H,2-12H2,1H3,(H,16,18)/t13-/m1/s1. The second-order valence-electron chi connectivity index (χ2n) is 5.84. The van der Waals surface area contributed by atoms with Crippen molar-refractivity contribution in [1.82, 2.24) is 10.2 Å². The fourth-order valence-corrected chi connectivity index (χ4v) is 3.29. The van der Waals surface area contributed by atoms with E-state index in [0.29, 0.717) is 25.6 Å². The van der Waals surface area contributed by atoms with Crippen molar-refractivity contribution in [3.63, 3.8) is 0 Å². The average molecular weight is 268 g/mol. The van der Waals surface area contributed by atoms with E-state index in [1.54, 1.807) is 0 Å². The molecule has 0 unspecified atom stereocenters. The summed E-state index contributed by atoms with van der Waals surface area (Å²) in [5.41, 5.74) is 0. The molecule has 0 bridgehead atoms. The maximum absolute atomic E-state index is 11.6. The van der Waals surface area contributed by atoms with E-state index in [9.17, 15) is 4.79 Å². The largest absolute Gasteiger partial charge is 0.381 e. The van der Waals surface area contributed by atoms with Gasteiger partial charge in [-0.05, 0) is 38.6 Å². The predicted molar refractivity (Wildman–Crippen MR) is 76.1 cm³/mol. The molecule has 0 aromatic carbocycles. The highest BCUT2D eigenvalue weighted by atomic mass is 16.5. The molecule has 2 fully saturated rings. The van der Waals surface area contributed by atoms with Crippen molar-refractivity contribution < 1.29 is 9.53 Å². The normalized spacial score (nSPS) is 25.0. The van der Waals surface area contributed by atoms with Crippen molar-refractivity contribution in [2.24, 2.45) is 5.92 Å². The SMILES string of the molecule is CCOCCC(=O)NC[C@H]1CCN(C2CCCC2)C1. The lowest BCUT2D eigenvalue weighted by Gasteiger charge is -2.23. The van der Waals surface area contributed by atoms with Crippen LogP contribution in [0.2, 0.25) is 0 Å². The van der Waals surface area contributed by atoms with Gasteiger partial charge in [-0.3, -0.25) is 4.79 Å². The highest BCUT2D eigenvalue weighted by Crippen LogP contribution is 2.28. The molecule has 0 spiro atoms. The number of nitrogens with zero attached hydrogens (tertiary/aromatic N) is 1. The van der Waals surface area contributed by atoms with Crippen LogP contribution in [-0.2, 0) is 9.53 Å². The Morgan fingerprint density at radius 3 is 2.84 bits per heavy atom. The van der Waals surface area contributed by atoms with Gasteiger partial charge in [-0.2, -0.15) is 0 Å². The van der Waals surface area contributed by atoms with Gasteiger partial charge in [0.15, 0.2) is 0 Å². The van der Waals surface area contributed by atoms with Gasteiger partial charge in [0.05, 0.1) is 6.61 Å². The summed E-state index contributed by atoms with van der Waals surface area (Å²) in [4.78, 5) is 14.3. The number of likely N-dealkylation sites (tertiary alicyclic amines) is 1. The van der Waals surface area contributed by atoms with Crippen molar-refractivity contribution >= 4 is 5.91 Å². The van der Waals surface area contributed by atoms with E-state index < -0.39 is 0 Å². The van der Waals surface area contributed by atoms with E-state index in [0.717, 1.165) is 12.6 Å². The van der Waals surface area contributed by atoms with Crippen LogP contribution in [0.5, 0.6) is 0 Å². The zero-order chi connectivity index (χ0) is 13.5. The zero-order valence-corrected chi connectivity index (χ0v) is 12.2. The van der Waals surface area contributed by atoms with E-state index in [2.05, 4.69) is 10.2 Å². The van der Waals surface area contributed by atoms with Crippen LogP contribution in [0.15, 0.2) is 0 Å². The second kappa shape index (κ2) is 7.85. The third-order valence-corrected chi connectivity index (χ3v) is 4.42. The average Bonchev–Trinajstić information content (AvgIpc) is 3.07. The number of amides is 1. The maximum Gasteiger partial charge on any atom is 0.222 e. The number of carbonyl (C=O) groups is 1. The summed E-state index contributed by atoms with van der Waals surface area (Å²) in [5, 5.41) is 3.05. The van der Waals surface area contributed by atoms with Crippen molar-refractivity contribution in [3.05, 3.63) is 0 Å². The van der Waals surface area contributed by atoms with Crippen molar-refractivity contribution in [2.45, 2.75) is 51.5 Å². The molecule has 0 aromatic heterocycles. The Kier molecular flexibility index (Phi) is 6.11. The summed E-state index contributed by atoms with van der Waals surface area (Å²) in [6.45, 7) is 6.43. The van der Waals surface area contributed by atoms with Crippen molar-refractivity contribution in [2.75, 3.05) is 32.8 Å². The molecule has 1 aliphatic carbocycles. The van der Waals surface area contributed by atoms with Gasteiger partial charge < -0.3 is 15.0 Å². The van der Waals surface area contributed by atoms with Crippen LogP contribution in [0.4, 0.5) is 0 Å². The van der Waals surface area contributed by atoms with Crippen LogP contribution in [-0.4, -0.2) is 49.7 Å². The molecule has 0 aromatic rings. The first-order valence-corrected chi connectivity index (χ1v) is 7.88. The summed E-state index contributed by atoms with van der Waals surface area (Å²) >= 11 is 0. The van der Waals surface area contributed by atoms with Crippen LogP contribution < -0.4 is 5.32 Å². The lowest BCUT2D eigenvalue weighted by atomic mass is 10.1. The maximum atomic E-state index is 11.6. The van der Waals surface area contributed by atoms with Gasteiger partial charge in [-0.15, -0.1) is 0 Å². The van der Waals surface area contributed by atoms with Crippen LogP contribution in [0.25, 0.3) is 0 Å². The van der Waals surface area contributed by atoms with Gasteiger partial charge in [0, 0.05) is 32.2 Å². The van der Waals surface area contributed by atoms with E-state index >= 15 is 0 Å². The van der Waals surface area contributed by atoms with E-state index in [-0.39, 0.29) is 5.91 Å². The molecule has 2 aliphatic rings. The van der Waals surface area contributed by atoms with E-state index in [1.165, 1.54) is 45.2 Å². The van der Waals surface area contributed by atoms with E-state index in [1.807, 2.05) is 6.92 Å². The smallest absolute Gasteiger partial charge is 0.222 e. The molecular formula is C15H28N2O2. The highest BCUT2D eigenvalue weighted by Gasteiger charge is 2.29. The van der Waals surface area contributed by atoms with Gasteiger partial charge >= 0.3 is 0 Å². The van der Waals surface area contributed by atoms with Gasteiger partial charge in [-0.25, -0.2) is 0 Å². The van der Waals surface area contributed by atoms with Gasteiger partial charge in [-0.1, -0.05) is 12.8 Å². The lowest BCUT2D eigenvalue weighted by Crippen LogP contribution is -2.34. The Morgan fingerprint density at radius 2 is 2.11 bits per heavy atom. The number of hydrogen-bond acceptors (Lipinski definition) is 3. The Hall–Kier alpha value is -0.610. The summed E-state index contributed by atoms with van der Waals surface area (Å²) in [6, 6.07) is 0.832. The minimum atomic E-state index is 0.132. The molecule has 1 saturated heterocycles. The van der Waals surface area contributed by atoms with Crippen LogP contribution in [0.1, 0.15) is 45.4 Å². The second-order valence-corrected chi connectivity index (χ2v) is 5.84. The minimum absolute atomic E-state index is 0.132. The number of ether oxygens (including phenoxy) is 1. The quantitative estimate of drug-likeness (QED) is 0.716.